The van der Waals surface area contributed by atoms with Gasteiger partial charge in [0.15, 0.2) is 0 Å². The highest BCUT2D eigenvalue weighted by Crippen LogP contribution is 2.23. The van der Waals surface area contributed by atoms with Gasteiger partial charge in [-0.15, -0.1) is 0 Å². The maximum atomic E-state index is 11.2. The molecule has 4 heteroatoms. The highest BCUT2D eigenvalue weighted by molar-refractivity contribution is 5.87. The van der Waals surface area contributed by atoms with Crippen LogP contribution in [0.3, 0.4) is 0 Å². The topological polar surface area (TPSA) is 66.8 Å². The van der Waals surface area contributed by atoms with Crippen molar-refractivity contribution in [1.29, 1.82) is 0 Å². The van der Waals surface area contributed by atoms with Crippen molar-refractivity contribution >= 4 is 12.0 Å². The van der Waals surface area contributed by atoms with Gasteiger partial charge < -0.3 is 14.9 Å². The van der Waals surface area contributed by atoms with E-state index in [1.54, 1.807) is 0 Å². The number of unbranched alkanes of at least 4 members (excludes halogenated alkanes) is 1. The smallest absolute Gasteiger partial charge is 0.330 e. The van der Waals surface area contributed by atoms with Gasteiger partial charge in [-0.1, -0.05) is 13.3 Å². The maximum Gasteiger partial charge on any atom is 0.330 e. The van der Waals surface area contributed by atoms with Crippen LogP contribution in [0.15, 0.2) is 24.3 Å². The number of phenols is 2. The summed E-state index contributed by atoms with van der Waals surface area (Å²) in [7, 11) is 0. The Balaban J connectivity index is 2.57. The van der Waals surface area contributed by atoms with Crippen molar-refractivity contribution in [3.8, 4) is 11.5 Å². The Morgan fingerprint density at radius 1 is 1.41 bits per heavy atom. The monoisotopic (exact) mass is 236 g/mol. The first-order valence-corrected chi connectivity index (χ1v) is 5.50. The number of esters is 1. The van der Waals surface area contributed by atoms with E-state index in [0.717, 1.165) is 12.8 Å². The fraction of sp³-hybridized carbons (Fsp3) is 0.308. The molecule has 0 saturated carbocycles. The van der Waals surface area contributed by atoms with E-state index in [0.29, 0.717) is 12.2 Å². The van der Waals surface area contributed by atoms with Crippen LogP contribution in [0.25, 0.3) is 6.08 Å². The molecule has 1 rings (SSSR count). The first kappa shape index (κ1) is 13.1. The Morgan fingerprint density at radius 3 is 2.88 bits per heavy atom. The van der Waals surface area contributed by atoms with E-state index >= 15 is 0 Å². The zero-order chi connectivity index (χ0) is 12.7. The molecule has 0 aliphatic rings. The second kappa shape index (κ2) is 6.58. The fourth-order valence-electron chi connectivity index (χ4n) is 1.20. The molecular weight excluding hydrogens is 220 g/mol. The van der Waals surface area contributed by atoms with Crippen molar-refractivity contribution in [2.45, 2.75) is 19.8 Å². The molecule has 4 nitrogen and oxygen atoms in total. The lowest BCUT2D eigenvalue weighted by Gasteiger charge is -2.01. The molecule has 1 aromatic rings. The summed E-state index contributed by atoms with van der Waals surface area (Å²) < 4.78 is 4.90. The molecule has 0 spiro atoms. The van der Waals surface area contributed by atoms with Crippen molar-refractivity contribution in [3.63, 3.8) is 0 Å². The molecule has 0 amide bonds. The van der Waals surface area contributed by atoms with E-state index in [2.05, 4.69) is 0 Å². The van der Waals surface area contributed by atoms with Crippen LogP contribution in [0, 0.1) is 0 Å². The Kier molecular flexibility index (Phi) is 5.07. The third-order valence-corrected chi connectivity index (χ3v) is 2.15. The summed E-state index contributed by atoms with van der Waals surface area (Å²) in [5.74, 6) is -0.427. The first-order valence-electron chi connectivity index (χ1n) is 5.50. The van der Waals surface area contributed by atoms with E-state index in [4.69, 9.17) is 4.74 Å². The number of carbonyl (C=O) groups excluding carboxylic acids is 1. The highest BCUT2D eigenvalue weighted by Gasteiger charge is 2.00. The van der Waals surface area contributed by atoms with Crippen LogP contribution in [-0.4, -0.2) is 22.8 Å². The van der Waals surface area contributed by atoms with E-state index in [1.165, 1.54) is 30.4 Å². The SMILES string of the molecule is CCCCOC(=O)C=Cc1cc(O)ccc1O. The molecule has 0 aliphatic heterocycles. The standard InChI is InChI=1S/C13H16O4/c1-2-3-8-17-13(16)7-4-10-9-11(14)5-6-12(10)15/h4-7,9,14-15H,2-3,8H2,1H3. The van der Waals surface area contributed by atoms with Crippen molar-refractivity contribution in [1.82, 2.24) is 0 Å². The minimum absolute atomic E-state index is 0.000378. The van der Waals surface area contributed by atoms with E-state index in [1.807, 2.05) is 6.92 Å². The van der Waals surface area contributed by atoms with Crippen LogP contribution < -0.4 is 0 Å². The predicted molar refractivity (Wildman–Crippen MR) is 64.7 cm³/mol. The first-order chi connectivity index (χ1) is 8.13. The Labute approximate surface area is 100 Å². The van der Waals surface area contributed by atoms with Crippen molar-refractivity contribution in [2.24, 2.45) is 0 Å². The molecule has 0 aliphatic carbocycles. The summed E-state index contributed by atoms with van der Waals surface area (Å²) in [6.07, 6.45) is 4.43. The minimum Gasteiger partial charge on any atom is -0.508 e. The Bertz CT molecular complexity index is 410. The van der Waals surface area contributed by atoms with Crippen molar-refractivity contribution in [3.05, 3.63) is 29.8 Å². The second-order valence-electron chi connectivity index (χ2n) is 3.60. The molecular formula is C13H16O4. The summed E-state index contributed by atoms with van der Waals surface area (Å²) in [4.78, 5) is 11.2. The molecule has 0 heterocycles. The number of phenolic OH excluding ortho intramolecular Hbond substituents is 2. The molecule has 0 atom stereocenters. The predicted octanol–water partition coefficient (Wildman–Crippen LogP) is 2.45. The van der Waals surface area contributed by atoms with E-state index in [-0.39, 0.29) is 11.5 Å². The van der Waals surface area contributed by atoms with Gasteiger partial charge in [-0.05, 0) is 30.7 Å². The molecule has 0 aromatic heterocycles. The van der Waals surface area contributed by atoms with Crippen LogP contribution in [0.2, 0.25) is 0 Å². The lowest BCUT2D eigenvalue weighted by atomic mass is 10.2. The number of benzene rings is 1. The number of aromatic hydroxyl groups is 2. The highest BCUT2D eigenvalue weighted by atomic mass is 16.5. The van der Waals surface area contributed by atoms with Crippen LogP contribution in [0.1, 0.15) is 25.3 Å². The summed E-state index contributed by atoms with van der Waals surface area (Å²) in [5.41, 5.74) is 0.373. The summed E-state index contributed by atoms with van der Waals surface area (Å²) in [6, 6.07) is 4.09. The quantitative estimate of drug-likeness (QED) is 0.356. The number of carbonyl (C=O) groups is 1. The number of rotatable bonds is 5. The number of hydrogen-bond acceptors (Lipinski definition) is 4. The lowest BCUT2D eigenvalue weighted by molar-refractivity contribution is -0.137. The zero-order valence-corrected chi connectivity index (χ0v) is 9.72. The summed E-state index contributed by atoms with van der Waals surface area (Å²) >= 11 is 0. The Morgan fingerprint density at radius 2 is 2.18 bits per heavy atom. The molecule has 1 aromatic carbocycles. The molecule has 0 radical (unpaired) electrons. The molecule has 0 fully saturated rings. The average Bonchev–Trinajstić information content (AvgIpc) is 2.31. The van der Waals surface area contributed by atoms with Gasteiger partial charge in [-0.3, -0.25) is 0 Å². The summed E-state index contributed by atoms with van der Waals surface area (Å²) in [6.45, 7) is 2.40. The van der Waals surface area contributed by atoms with Crippen molar-refractivity contribution in [2.75, 3.05) is 6.61 Å². The lowest BCUT2D eigenvalue weighted by Crippen LogP contribution is -2.01. The minimum atomic E-state index is -0.457. The van der Waals surface area contributed by atoms with E-state index in [9.17, 15) is 15.0 Å². The largest absolute Gasteiger partial charge is 0.508 e. The van der Waals surface area contributed by atoms with Crippen LogP contribution in [-0.2, 0) is 9.53 Å². The van der Waals surface area contributed by atoms with Gasteiger partial charge in [0.25, 0.3) is 0 Å². The third kappa shape index (κ3) is 4.59. The second-order valence-corrected chi connectivity index (χ2v) is 3.60. The van der Waals surface area contributed by atoms with Gasteiger partial charge in [-0.25, -0.2) is 4.79 Å². The molecule has 92 valence electrons. The fourth-order valence-corrected chi connectivity index (χ4v) is 1.20. The molecule has 2 N–H and O–H groups in total. The van der Waals surface area contributed by atoms with Gasteiger partial charge in [-0.2, -0.15) is 0 Å². The van der Waals surface area contributed by atoms with E-state index < -0.39 is 5.97 Å². The van der Waals surface area contributed by atoms with Gasteiger partial charge in [0.05, 0.1) is 6.61 Å². The van der Waals surface area contributed by atoms with Gasteiger partial charge in [0, 0.05) is 11.6 Å². The van der Waals surface area contributed by atoms with Gasteiger partial charge in [0.1, 0.15) is 11.5 Å². The summed E-state index contributed by atoms with van der Waals surface area (Å²) in [5, 5.41) is 18.7. The maximum absolute atomic E-state index is 11.2. The van der Waals surface area contributed by atoms with Crippen LogP contribution >= 0.6 is 0 Å². The third-order valence-electron chi connectivity index (χ3n) is 2.15. The van der Waals surface area contributed by atoms with Crippen molar-refractivity contribution < 1.29 is 19.7 Å². The Hall–Kier alpha value is -1.97. The van der Waals surface area contributed by atoms with Crippen LogP contribution in [0.4, 0.5) is 0 Å². The van der Waals surface area contributed by atoms with Crippen LogP contribution in [0.5, 0.6) is 11.5 Å². The molecule has 0 saturated heterocycles. The molecule has 17 heavy (non-hydrogen) atoms. The van der Waals surface area contributed by atoms with Gasteiger partial charge in [0.2, 0.25) is 0 Å². The molecule has 0 unspecified atom stereocenters. The number of hydrogen-bond donors (Lipinski definition) is 2. The normalized spacial score (nSPS) is 10.6. The van der Waals surface area contributed by atoms with Gasteiger partial charge >= 0.3 is 5.97 Å². The zero-order valence-electron chi connectivity index (χ0n) is 9.72. The molecule has 0 bridgehead atoms. The number of ether oxygens (including phenoxy) is 1. The average molecular weight is 236 g/mol.